The third kappa shape index (κ3) is 4.44. The minimum atomic E-state index is -3.22. The summed E-state index contributed by atoms with van der Waals surface area (Å²) in [5, 5.41) is 8.48. The number of sulfonamides is 1. The first-order valence-corrected chi connectivity index (χ1v) is 8.60. The van der Waals surface area contributed by atoms with Crippen LogP contribution in [0.1, 0.15) is 39.5 Å². The smallest absolute Gasteiger partial charge is 0.214 e. The lowest BCUT2D eigenvalue weighted by Crippen LogP contribution is -2.49. The van der Waals surface area contributed by atoms with Crippen molar-refractivity contribution in [2.24, 2.45) is 0 Å². The number of hydrogen-bond acceptors (Lipinski definition) is 4. The van der Waals surface area contributed by atoms with E-state index in [1.807, 2.05) is 6.07 Å². The second kappa shape index (κ2) is 7.22. The lowest BCUT2D eigenvalue weighted by Gasteiger charge is -2.40. The van der Waals surface area contributed by atoms with E-state index in [-0.39, 0.29) is 11.8 Å². The standard InChI is InChI=1S/C13H25N3O2S/c1-4-16-9-7-13(11-12(16)2)15(3)19(17,18)10-6-5-8-14/h12-13H,4-7,9-11H2,1-3H3/t12-,13-/m0/s1. The number of hydrogen-bond donors (Lipinski definition) is 0. The summed E-state index contributed by atoms with van der Waals surface area (Å²) in [5.41, 5.74) is 0. The van der Waals surface area contributed by atoms with Crippen LogP contribution in [-0.2, 0) is 10.0 Å². The van der Waals surface area contributed by atoms with Gasteiger partial charge in [-0.05, 0) is 39.3 Å². The van der Waals surface area contributed by atoms with E-state index in [9.17, 15) is 8.42 Å². The summed E-state index contributed by atoms with van der Waals surface area (Å²) in [5.74, 6) is 0.0828. The largest absolute Gasteiger partial charge is 0.301 e. The molecule has 110 valence electrons. The van der Waals surface area contributed by atoms with E-state index in [0.717, 1.165) is 25.9 Å². The summed E-state index contributed by atoms with van der Waals surface area (Å²) >= 11 is 0. The van der Waals surface area contributed by atoms with Gasteiger partial charge < -0.3 is 4.90 Å². The zero-order chi connectivity index (χ0) is 14.5. The molecule has 0 aromatic heterocycles. The van der Waals surface area contributed by atoms with Crippen molar-refractivity contribution in [3.8, 4) is 6.07 Å². The SMILES string of the molecule is CCN1CC[C@H](N(C)S(=O)(=O)CCCC#N)C[C@@H]1C. The molecule has 19 heavy (non-hydrogen) atoms. The fraction of sp³-hybridized carbons (Fsp3) is 0.923. The summed E-state index contributed by atoms with van der Waals surface area (Å²) in [6.45, 7) is 6.28. The summed E-state index contributed by atoms with van der Waals surface area (Å²) in [7, 11) is -1.53. The molecule has 0 radical (unpaired) electrons. The van der Waals surface area contributed by atoms with Crippen molar-refractivity contribution in [1.29, 1.82) is 5.26 Å². The highest BCUT2D eigenvalue weighted by Crippen LogP contribution is 2.23. The van der Waals surface area contributed by atoms with Crippen molar-refractivity contribution in [3.63, 3.8) is 0 Å². The molecule has 2 atom stereocenters. The van der Waals surface area contributed by atoms with Crippen LogP contribution in [0, 0.1) is 11.3 Å². The molecule has 0 bridgehead atoms. The van der Waals surface area contributed by atoms with E-state index in [1.165, 1.54) is 4.31 Å². The molecule has 0 aromatic rings. The molecule has 1 aliphatic rings. The van der Waals surface area contributed by atoms with Gasteiger partial charge in [-0.1, -0.05) is 6.92 Å². The maximum absolute atomic E-state index is 12.2. The molecule has 1 heterocycles. The van der Waals surface area contributed by atoms with E-state index in [1.54, 1.807) is 7.05 Å². The summed E-state index contributed by atoms with van der Waals surface area (Å²) in [4.78, 5) is 2.38. The van der Waals surface area contributed by atoms with Gasteiger partial charge in [0.05, 0.1) is 11.8 Å². The van der Waals surface area contributed by atoms with Gasteiger partial charge in [-0.2, -0.15) is 5.26 Å². The molecule has 0 saturated carbocycles. The number of piperidine rings is 1. The predicted octanol–water partition coefficient (Wildman–Crippen LogP) is 1.42. The molecular weight excluding hydrogens is 262 g/mol. The number of nitriles is 1. The van der Waals surface area contributed by atoms with Crippen molar-refractivity contribution >= 4 is 10.0 Å². The second-order valence-electron chi connectivity index (χ2n) is 5.25. The second-order valence-corrected chi connectivity index (χ2v) is 7.40. The first kappa shape index (κ1) is 16.4. The van der Waals surface area contributed by atoms with Gasteiger partial charge in [0, 0.05) is 25.6 Å². The summed E-state index contributed by atoms with van der Waals surface area (Å²) in [6, 6.07) is 2.52. The highest BCUT2D eigenvalue weighted by atomic mass is 32.2. The Bertz CT molecular complexity index is 416. The van der Waals surface area contributed by atoms with Crippen LogP contribution in [0.3, 0.4) is 0 Å². The van der Waals surface area contributed by atoms with Gasteiger partial charge in [-0.3, -0.25) is 0 Å². The Morgan fingerprint density at radius 3 is 2.68 bits per heavy atom. The van der Waals surface area contributed by atoms with E-state index < -0.39 is 10.0 Å². The number of rotatable bonds is 6. The van der Waals surface area contributed by atoms with Gasteiger partial charge in [0.25, 0.3) is 0 Å². The van der Waals surface area contributed by atoms with E-state index in [0.29, 0.717) is 18.9 Å². The van der Waals surface area contributed by atoms with Crippen LogP contribution in [0.2, 0.25) is 0 Å². The molecule has 1 rings (SSSR count). The van der Waals surface area contributed by atoms with Crippen LogP contribution < -0.4 is 0 Å². The quantitative estimate of drug-likeness (QED) is 0.693. The molecule has 5 nitrogen and oxygen atoms in total. The maximum Gasteiger partial charge on any atom is 0.214 e. The van der Waals surface area contributed by atoms with Gasteiger partial charge in [0.2, 0.25) is 10.0 Å². The number of nitrogens with zero attached hydrogens (tertiary/aromatic N) is 3. The molecule has 0 amide bonds. The molecule has 1 saturated heterocycles. The third-order valence-corrected chi connectivity index (χ3v) is 6.02. The first-order chi connectivity index (χ1) is 8.92. The Morgan fingerprint density at radius 1 is 1.47 bits per heavy atom. The molecule has 0 aromatic carbocycles. The predicted molar refractivity (Wildman–Crippen MR) is 76.1 cm³/mol. The summed E-state index contributed by atoms with van der Waals surface area (Å²) < 4.78 is 25.9. The first-order valence-electron chi connectivity index (χ1n) is 6.99. The normalized spacial score (nSPS) is 25.4. The maximum atomic E-state index is 12.2. The van der Waals surface area contributed by atoms with E-state index >= 15 is 0 Å². The fourth-order valence-corrected chi connectivity index (χ4v) is 4.14. The Hall–Kier alpha value is -0.640. The molecule has 0 aliphatic carbocycles. The van der Waals surface area contributed by atoms with Gasteiger partial charge in [0.15, 0.2) is 0 Å². The lowest BCUT2D eigenvalue weighted by molar-refractivity contribution is 0.121. The van der Waals surface area contributed by atoms with Crippen LogP contribution in [0.15, 0.2) is 0 Å². The molecule has 1 fully saturated rings. The highest BCUT2D eigenvalue weighted by Gasteiger charge is 2.31. The van der Waals surface area contributed by atoms with Gasteiger partial charge >= 0.3 is 0 Å². The van der Waals surface area contributed by atoms with E-state index in [2.05, 4.69) is 18.7 Å². The highest BCUT2D eigenvalue weighted by molar-refractivity contribution is 7.89. The Kier molecular flexibility index (Phi) is 6.24. The molecule has 0 spiro atoms. The van der Waals surface area contributed by atoms with Crippen LogP contribution in [-0.4, -0.2) is 55.6 Å². The number of unbranched alkanes of at least 4 members (excludes halogenated alkanes) is 1. The minimum Gasteiger partial charge on any atom is -0.301 e. The van der Waals surface area contributed by atoms with Gasteiger partial charge in [-0.15, -0.1) is 0 Å². The minimum absolute atomic E-state index is 0.0828. The molecular formula is C13H25N3O2S. The van der Waals surface area contributed by atoms with Crippen molar-refractivity contribution in [3.05, 3.63) is 0 Å². The number of likely N-dealkylation sites (tertiary alicyclic amines) is 1. The monoisotopic (exact) mass is 287 g/mol. The molecule has 0 unspecified atom stereocenters. The molecule has 0 N–H and O–H groups in total. The molecule has 1 aliphatic heterocycles. The lowest BCUT2D eigenvalue weighted by atomic mass is 9.99. The summed E-state index contributed by atoms with van der Waals surface area (Å²) in [6.07, 6.45) is 2.51. The zero-order valence-electron chi connectivity index (χ0n) is 12.2. The average Bonchev–Trinajstić information content (AvgIpc) is 2.38. The van der Waals surface area contributed by atoms with Crippen LogP contribution >= 0.6 is 0 Å². The van der Waals surface area contributed by atoms with Crippen molar-refractivity contribution in [2.75, 3.05) is 25.9 Å². The average molecular weight is 287 g/mol. The van der Waals surface area contributed by atoms with Crippen LogP contribution in [0.5, 0.6) is 0 Å². The van der Waals surface area contributed by atoms with Crippen molar-refractivity contribution in [2.45, 2.75) is 51.6 Å². The van der Waals surface area contributed by atoms with Crippen LogP contribution in [0.25, 0.3) is 0 Å². The van der Waals surface area contributed by atoms with Gasteiger partial charge in [-0.25, -0.2) is 12.7 Å². The molecule has 6 heteroatoms. The van der Waals surface area contributed by atoms with E-state index in [4.69, 9.17) is 5.26 Å². The van der Waals surface area contributed by atoms with Crippen molar-refractivity contribution < 1.29 is 8.42 Å². The fourth-order valence-electron chi connectivity index (χ4n) is 2.70. The van der Waals surface area contributed by atoms with Gasteiger partial charge in [0.1, 0.15) is 0 Å². The Morgan fingerprint density at radius 2 is 2.16 bits per heavy atom. The van der Waals surface area contributed by atoms with Crippen molar-refractivity contribution in [1.82, 2.24) is 9.21 Å². The zero-order valence-corrected chi connectivity index (χ0v) is 13.0. The topological polar surface area (TPSA) is 64.4 Å². The third-order valence-electron chi connectivity index (χ3n) is 4.04. The Balaban J connectivity index is 2.58. The van der Waals surface area contributed by atoms with Crippen LogP contribution in [0.4, 0.5) is 0 Å². The Labute approximate surface area is 117 Å².